The Morgan fingerprint density at radius 1 is 1.35 bits per heavy atom. The Hall–Kier alpha value is -0.470. The molecule has 0 spiro atoms. The average Bonchev–Trinajstić information content (AvgIpc) is 2.37. The van der Waals surface area contributed by atoms with Gasteiger partial charge in [-0.3, -0.25) is 0 Å². The lowest BCUT2D eigenvalue weighted by atomic mass is 9.90. The molecular formula is C15H23NS. The summed E-state index contributed by atoms with van der Waals surface area (Å²) in [6.45, 7) is 2.17. The highest BCUT2D eigenvalue weighted by atomic mass is 32.2. The first kappa shape index (κ1) is 13.0. The van der Waals surface area contributed by atoms with E-state index in [1.807, 2.05) is 0 Å². The van der Waals surface area contributed by atoms with Gasteiger partial charge in [-0.15, -0.1) is 0 Å². The molecule has 0 radical (unpaired) electrons. The summed E-state index contributed by atoms with van der Waals surface area (Å²) in [5.74, 6) is 3.62. The van der Waals surface area contributed by atoms with Crippen LogP contribution in [0.4, 0.5) is 0 Å². The van der Waals surface area contributed by atoms with E-state index in [1.54, 1.807) is 0 Å². The van der Waals surface area contributed by atoms with Gasteiger partial charge in [-0.05, 0) is 56.2 Å². The summed E-state index contributed by atoms with van der Waals surface area (Å²) in [6, 6.07) is 9.45. The lowest BCUT2D eigenvalue weighted by Crippen LogP contribution is -2.22. The molecule has 1 aromatic rings. The second kappa shape index (κ2) is 6.46. The Kier molecular flexibility index (Phi) is 4.93. The molecule has 1 aliphatic heterocycles. The Balaban J connectivity index is 2.00. The highest BCUT2D eigenvalue weighted by Crippen LogP contribution is 2.31. The van der Waals surface area contributed by atoms with Crippen molar-refractivity contribution in [1.82, 2.24) is 5.32 Å². The quantitative estimate of drug-likeness (QED) is 0.871. The Bertz CT molecular complexity index is 345. The zero-order chi connectivity index (χ0) is 12.1. The Morgan fingerprint density at radius 3 is 2.76 bits per heavy atom. The number of nitrogens with one attached hydrogen (secondary N) is 1. The van der Waals surface area contributed by atoms with Gasteiger partial charge >= 0.3 is 0 Å². The van der Waals surface area contributed by atoms with E-state index in [-0.39, 0.29) is 0 Å². The van der Waals surface area contributed by atoms with E-state index in [9.17, 15) is 0 Å². The summed E-state index contributed by atoms with van der Waals surface area (Å²) in [4.78, 5) is 0. The number of aryl methyl sites for hydroxylation is 1. The van der Waals surface area contributed by atoms with Gasteiger partial charge in [0, 0.05) is 6.04 Å². The van der Waals surface area contributed by atoms with Gasteiger partial charge in [0.25, 0.3) is 0 Å². The van der Waals surface area contributed by atoms with Crippen LogP contribution >= 0.6 is 11.8 Å². The van der Waals surface area contributed by atoms with Crippen LogP contribution in [-0.4, -0.2) is 18.6 Å². The minimum Gasteiger partial charge on any atom is -0.313 e. The molecule has 1 aliphatic rings. The molecule has 1 heterocycles. The van der Waals surface area contributed by atoms with Crippen molar-refractivity contribution in [3.63, 3.8) is 0 Å². The minimum absolute atomic E-state index is 0.531. The number of hydrogen-bond acceptors (Lipinski definition) is 2. The van der Waals surface area contributed by atoms with E-state index in [0.717, 1.165) is 5.92 Å². The number of rotatable bonds is 4. The first-order chi connectivity index (χ1) is 8.29. The van der Waals surface area contributed by atoms with Crippen molar-refractivity contribution in [2.45, 2.75) is 32.2 Å². The molecule has 0 amide bonds. The molecule has 0 bridgehead atoms. The third kappa shape index (κ3) is 3.75. The van der Waals surface area contributed by atoms with Crippen molar-refractivity contribution in [1.29, 1.82) is 0 Å². The van der Waals surface area contributed by atoms with E-state index in [2.05, 4.69) is 55.3 Å². The highest BCUT2D eigenvalue weighted by molar-refractivity contribution is 7.99. The van der Waals surface area contributed by atoms with E-state index in [4.69, 9.17) is 0 Å². The van der Waals surface area contributed by atoms with Gasteiger partial charge in [0.1, 0.15) is 0 Å². The molecule has 17 heavy (non-hydrogen) atoms. The topological polar surface area (TPSA) is 12.0 Å². The predicted molar refractivity (Wildman–Crippen MR) is 77.6 cm³/mol. The van der Waals surface area contributed by atoms with Crippen molar-refractivity contribution >= 4 is 11.8 Å². The van der Waals surface area contributed by atoms with E-state index < -0.39 is 0 Å². The van der Waals surface area contributed by atoms with Gasteiger partial charge in [0.15, 0.2) is 0 Å². The lowest BCUT2D eigenvalue weighted by Gasteiger charge is -2.26. The smallest absolute Gasteiger partial charge is 0.0320 e. The Morgan fingerprint density at radius 2 is 2.12 bits per heavy atom. The van der Waals surface area contributed by atoms with Crippen LogP contribution in [0, 0.1) is 12.8 Å². The monoisotopic (exact) mass is 249 g/mol. The first-order valence-corrected chi connectivity index (χ1v) is 7.76. The predicted octanol–water partition coefficient (Wildman–Crippen LogP) is 3.79. The molecule has 2 heteroatoms. The molecule has 1 aromatic carbocycles. The van der Waals surface area contributed by atoms with Crippen LogP contribution < -0.4 is 5.32 Å². The van der Waals surface area contributed by atoms with Gasteiger partial charge in [-0.1, -0.05) is 29.8 Å². The Labute approximate surface area is 109 Å². The standard InChI is InChI=1S/C15H23NS/c1-12-4-3-5-14(10-12)15(16-2)11-13-6-8-17-9-7-13/h3-5,10,13,15-16H,6-9,11H2,1-2H3. The normalized spacial score (nSPS) is 19.2. The average molecular weight is 249 g/mol. The summed E-state index contributed by atoms with van der Waals surface area (Å²) < 4.78 is 0. The molecule has 0 aliphatic carbocycles. The number of hydrogen-bond donors (Lipinski definition) is 1. The van der Waals surface area contributed by atoms with E-state index in [0.29, 0.717) is 6.04 Å². The van der Waals surface area contributed by atoms with Crippen molar-refractivity contribution < 1.29 is 0 Å². The minimum atomic E-state index is 0.531. The highest BCUT2D eigenvalue weighted by Gasteiger charge is 2.19. The third-order valence-corrected chi connectivity index (χ3v) is 4.75. The van der Waals surface area contributed by atoms with Crippen LogP contribution in [-0.2, 0) is 0 Å². The molecule has 0 aromatic heterocycles. The van der Waals surface area contributed by atoms with Gasteiger partial charge in [-0.25, -0.2) is 0 Å². The fraction of sp³-hybridized carbons (Fsp3) is 0.600. The third-order valence-electron chi connectivity index (χ3n) is 3.70. The van der Waals surface area contributed by atoms with Gasteiger partial charge in [0.05, 0.1) is 0 Å². The lowest BCUT2D eigenvalue weighted by molar-refractivity contribution is 0.384. The van der Waals surface area contributed by atoms with Crippen LogP contribution in [0.5, 0.6) is 0 Å². The second-order valence-electron chi connectivity index (χ2n) is 5.05. The van der Waals surface area contributed by atoms with Crippen molar-refractivity contribution in [2.75, 3.05) is 18.6 Å². The second-order valence-corrected chi connectivity index (χ2v) is 6.27. The maximum atomic E-state index is 3.49. The molecule has 1 unspecified atom stereocenters. The van der Waals surface area contributed by atoms with Crippen molar-refractivity contribution in [3.8, 4) is 0 Å². The summed E-state index contributed by atoms with van der Waals surface area (Å²) >= 11 is 2.11. The van der Waals surface area contributed by atoms with Crippen molar-refractivity contribution in [3.05, 3.63) is 35.4 Å². The first-order valence-electron chi connectivity index (χ1n) is 6.61. The van der Waals surface area contributed by atoms with Crippen LogP contribution in [0.2, 0.25) is 0 Å². The van der Waals surface area contributed by atoms with Crippen LogP contribution in [0.3, 0.4) is 0 Å². The molecule has 1 saturated heterocycles. The molecule has 2 rings (SSSR count). The molecule has 94 valence electrons. The van der Waals surface area contributed by atoms with Gasteiger partial charge in [-0.2, -0.15) is 11.8 Å². The van der Waals surface area contributed by atoms with Gasteiger partial charge < -0.3 is 5.32 Å². The van der Waals surface area contributed by atoms with Crippen LogP contribution in [0.15, 0.2) is 24.3 Å². The number of benzene rings is 1. The molecule has 1 atom stereocenters. The van der Waals surface area contributed by atoms with Gasteiger partial charge in [0.2, 0.25) is 0 Å². The summed E-state index contributed by atoms with van der Waals surface area (Å²) in [7, 11) is 2.09. The molecular weight excluding hydrogens is 226 g/mol. The van der Waals surface area contributed by atoms with E-state index >= 15 is 0 Å². The van der Waals surface area contributed by atoms with Crippen molar-refractivity contribution in [2.24, 2.45) is 5.92 Å². The van der Waals surface area contributed by atoms with Crippen LogP contribution in [0.25, 0.3) is 0 Å². The molecule has 1 nitrogen and oxygen atoms in total. The molecule has 1 fully saturated rings. The SMILES string of the molecule is CNC(CC1CCSCC1)c1cccc(C)c1. The molecule has 0 saturated carbocycles. The molecule has 1 N–H and O–H groups in total. The fourth-order valence-corrected chi connectivity index (χ4v) is 3.83. The fourth-order valence-electron chi connectivity index (χ4n) is 2.62. The van der Waals surface area contributed by atoms with E-state index in [1.165, 1.54) is 41.9 Å². The zero-order valence-corrected chi connectivity index (χ0v) is 11.7. The maximum Gasteiger partial charge on any atom is 0.0320 e. The maximum absolute atomic E-state index is 3.49. The largest absolute Gasteiger partial charge is 0.313 e. The summed E-state index contributed by atoms with van der Waals surface area (Å²) in [5, 5.41) is 3.49. The summed E-state index contributed by atoms with van der Waals surface area (Å²) in [6.07, 6.45) is 4.09. The zero-order valence-electron chi connectivity index (χ0n) is 10.9. The van der Waals surface area contributed by atoms with Crippen LogP contribution in [0.1, 0.15) is 36.4 Å². The number of thioether (sulfide) groups is 1. The summed E-state index contributed by atoms with van der Waals surface area (Å²) in [5.41, 5.74) is 2.81.